The molecule has 1 unspecified atom stereocenters. The average Bonchev–Trinajstić information content (AvgIpc) is 2.10. The maximum atomic E-state index is 11.5. The van der Waals surface area contributed by atoms with Crippen LogP contribution >= 0.6 is 0 Å². The molecule has 4 nitrogen and oxygen atoms in total. The lowest BCUT2D eigenvalue weighted by atomic mass is 9.89. The molecule has 0 fully saturated rings. The van der Waals surface area contributed by atoms with Crippen LogP contribution in [0.3, 0.4) is 0 Å². The minimum atomic E-state index is -3.24. The van der Waals surface area contributed by atoms with Crippen molar-refractivity contribution in [2.75, 3.05) is 12.3 Å². The molecule has 0 bridgehead atoms. The van der Waals surface area contributed by atoms with Crippen molar-refractivity contribution < 1.29 is 13.5 Å². The highest BCUT2D eigenvalue weighted by Gasteiger charge is 2.23. The Morgan fingerprint density at radius 3 is 2.12 bits per heavy atom. The Bertz CT molecular complexity index is 291. The highest BCUT2D eigenvalue weighted by molar-refractivity contribution is 7.89. The molecule has 2 N–H and O–H groups in total. The molecule has 0 aromatic rings. The van der Waals surface area contributed by atoms with Gasteiger partial charge in [-0.2, -0.15) is 0 Å². The van der Waals surface area contributed by atoms with Crippen molar-refractivity contribution in [1.82, 2.24) is 4.72 Å². The highest BCUT2D eigenvalue weighted by atomic mass is 32.2. The molecule has 1 atom stereocenters. The normalized spacial score (nSPS) is 15.4. The molecule has 0 aromatic carbocycles. The summed E-state index contributed by atoms with van der Waals surface area (Å²) in [7, 11) is -3.24. The van der Waals surface area contributed by atoms with Gasteiger partial charge < -0.3 is 5.11 Å². The van der Waals surface area contributed by atoms with E-state index in [4.69, 9.17) is 0 Å². The van der Waals surface area contributed by atoms with E-state index in [1.54, 1.807) is 0 Å². The van der Waals surface area contributed by atoms with Crippen LogP contribution in [0.15, 0.2) is 0 Å². The maximum Gasteiger partial charge on any atom is 0.211 e. The molecule has 98 valence electrons. The molecule has 0 rings (SSSR count). The first kappa shape index (κ1) is 15.9. The summed E-state index contributed by atoms with van der Waals surface area (Å²) in [6.45, 7) is 9.68. The van der Waals surface area contributed by atoms with Gasteiger partial charge in [-0.05, 0) is 17.8 Å². The third kappa shape index (κ3) is 7.19. The topological polar surface area (TPSA) is 66.4 Å². The zero-order valence-electron chi connectivity index (χ0n) is 10.9. The standard InChI is InChI=1S/C11H25NO3S/c1-9(2)6-7-16(14,15)12-8-10(13)11(3,4)5/h9-10,12-13H,6-8H2,1-5H3. The van der Waals surface area contributed by atoms with Gasteiger partial charge in [0.25, 0.3) is 0 Å². The molecule has 0 radical (unpaired) electrons. The molecule has 16 heavy (non-hydrogen) atoms. The molecule has 0 aliphatic rings. The van der Waals surface area contributed by atoms with Gasteiger partial charge in [0, 0.05) is 6.54 Å². The molecule has 5 heteroatoms. The van der Waals surface area contributed by atoms with Gasteiger partial charge in [0.2, 0.25) is 10.0 Å². The number of rotatable bonds is 6. The van der Waals surface area contributed by atoms with Crippen molar-refractivity contribution in [3.63, 3.8) is 0 Å². The van der Waals surface area contributed by atoms with E-state index in [2.05, 4.69) is 4.72 Å². The van der Waals surface area contributed by atoms with Crippen molar-refractivity contribution in [3.8, 4) is 0 Å². The van der Waals surface area contributed by atoms with E-state index >= 15 is 0 Å². The number of aliphatic hydroxyl groups is 1. The summed E-state index contributed by atoms with van der Waals surface area (Å²) in [6.07, 6.45) is -0.0256. The number of hydrogen-bond acceptors (Lipinski definition) is 3. The fourth-order valence-electron chi connectivity index (χ4n) is 0.975. The van der Waals surface area contributed by atoms with E-state index < -0.39 is 16.1 Å². The SMILES string of the molecule is CC(C)CCS(=O)(=O)NCC(O)C(C)(C)C. The van der Waals surface area contributed by atoms with Crippen LogP contribution in [0.25, 0.3) is 0 Å². The Kier molecular flexibility index (Phi) is 5.93. The molecule has 0 amide bonds. The second-order valence-electron chi connectivity index (χ2n) is 5.73. The van der Waals surface area contributed by atoms with Crippen molar-refractivity contribution in [1.29, 1.82) is 0 Å². The Morgan fingerprint density at radius 2 is 1.75 bits per heavy atom. The Hall–Kier alpha value is -0.130. The van der Waals surface area contributed by atoms with Crippen LogP contribution in [0.4, 0.5) is 0 Å². The van der Waals surface area contributed by atoms with E-state index in [-0.39, 0.29) is 17.7 Å². The molecule has 0 saturated carbocycles. The average molecular weight is 251 g/mol. The largest absolute Gasteiger partial charge is 0.391 e. The van der Waals surface area contributed by atoms with Gasteiger partial charge in [0.1, 0.15) is 0 Å². The third-order valence-electron chi connectivity index (χ3n) is 2.46. The first-order chi connectivity index (χ1) is 7.04. The van der Waals surface area contributed by atoms with Crippen molar-refractivity contribution in [3.05, 3.63) is 0 Å². The van der Waals surface area contributed by atoms with Gasteiger partial charge in [-0.1, -0.05) is 34.6 Å². The first-order valence-corrected chi connectivity index (χ1v) is 7.35. The van der Waals surface area contributed by atoms with Crippen LogP contribution in [0.2, 0.25) is 0 Å². The zero-order valence-corrected chi connectivity index (χ0v) is 11.8. The minimum absolute atomic E-state index is 0.0872. The van der Waals surface area contributed by atoms with Crippen LogP contribution in [0, 0.1) is 11.3 Å². The lowest BCUT2D eigenvalue weighted by Crippen LogP contribution is -2.40. The molecule has 0 saturated heterocycles. The first-order valence-electron chi connectivity index (χ1n) is 5.70. The van der Waals surface area contributed by atoms with Crippen molar-refractivity contribution in [2.24, 2.45) is 11.3 Å². The Morgan fingerprint density at radius 1 is 1.25 bits per heavy atom. The predicted octanol–water partition coefficient (Wildman–Crippen LogP) is 1.36. The summed E-state index contributed by atoms with van der Waals surface area (Å²) in [4.78, 5) is 0. The van der Waals surface area contributed by atoms with Gasteiger partial charge >= 0.3 is 0 Å². The van der Waals surface area contributed by atoms with E-state index in [1.807, 2.05) is 34.6 Å². The molecular formula is C11H25NO3S. The number of nitrogens with one attached hydrogen (secondary N) is 1. The fourth-order valence-corrected chi connectivity index (χ4v) is 2.31. The van der Waals surface area contributed by atoms with Gasteiger partial charge in [-0.25, -0.2) is 13.1 Å². The van der Waals surface area contributed by atoms with Gasteiger partial charge in [0.05, 0.1) is 11.9 Å². The molecule has 0 aliphatic heterocycles. The predicted molar refractivity (Wildman–Crippen MR) is 66.7 cm³/mol. The summed E-state index contributed by atoms with van der Waals surface area (Å²) in [5, 5.41) is 9.70. The van der Waals surface area contributed by atoms with Crippen LogP contribution in [-0.2, 0) is 10.0 Å². The summed E-state index contributed by atoms with van der Waals surface area (Å²) in [5.74, 6) is 0.491. The van der Waals surface area contributed by atoms with Gasteiger partial charge in [0.15, 0.2) is 0 Å². The third-order valence-corrected chi connectivity index (χ3v) is 3.84. The van der Waals surface area contributed by atoms with E-state index in [0.717, 1.165) is 0 Å². The number of sulfonamides is 1. The highest BCUT2D eigenvalue weighted by Crippen LogP contribution is 2.18. The molecular weight excluding hydrogens is 226 g/mol. The molecule has 0 aliphatic carbocycles. The summed E-state index contributed by atoms with van der Waals surface area (Å²) in [5.41, 5.74) is -0.305. The monoisotopic (exact) mass is 251 g/mol. The van der Waals surface area contributed by atoms with Crippen molar-refractivity contribution >= 4 is 10.0 Å². The van der Waals surface area contributed by atoms with E-state index in [0.29, 0.717) is 12.3 Å². The summed E-state index contributed by atoms with van der Waals surface area (Å²) < 4.78 is 25.5. The summed E-state index contributed by atoms with van der Waals surface area (Å²) >= 11 is 0. The quantitative estimate of drug-likeness (QED) is 0.749. The molecule has 0 spiro atoms. The maximum absolute atomic E-state index is 11.5. The van der Waals surface area contributed by atoms with E-state index in [9.17, 15) is 13.5 Å². The Labute approximate surface area is 99.5 Å². The molecule has 0 aromatic heterocycles. The second-order valence-corrected chi connectivity index (χ2v) is 7.66. The van der Waals surface area contributed by atoms with Gasteiger partial charge in [-0.15, -0.1) is 0 Å². The lowest BCUT2D eigenvalue weighted by molar-refractivity contribution is 0.0677. The molecule has 0 heterocycles. The van der Waals surface area contributed by atoms with Crippen LogP contribution < -0.4 is 4.72 Å². The van der Waals surface area contributed by atoms with Crippen LogP contribution in [0.1, 0.15) is 41.0 Å². The smallest absolute Gasteiger partial charge is 0.211 e. The van der Waals surface area contributed by atoms with Crippen molar-refractivity contribution in [2.45, 2.75) is 47.1 Å². The van der Waals surface area contributed by atoms with Crippen LogP contribution in [-0.4, -0.2) is 31.9 Å². The second kappa shape index (κ2) is 5.98. The lowest BCUT2D eigenvalue weighted by Gasteiger charge is -2.25. The zero-order chi connectivity index (χ0) is 13.0. The Balaban J connectivity index is 4.10. The summed E-state index contributed by atoms with van der Waals surface area (Å²) in [6, 6.07) is 0. The van der Waals surface area contributed by atoms with Gasteiger partial charge in [-0.3, -0.25) is 0 Å². The fraction of sp³-hybridized carbons (Fsp3) is 1.00. The number of aliphatic hydroxyl groups excluding tert-OH is 1. The van der Waals surface area contributed by atoms with E-state index in [1.165, 1.54) is 0 Å². The minimum Gasteiger partial charge on any atom is -0.391 e. The van der Waals surface area contributed by atoms with Crippen LogP contribution in [0.5, 0.6) is 0 Å². The number of hydrogen-bond donors (Lipinski definition) is 2.